The van der Waals surface area contributed by atoms with Crippen molar-refractivity contribution in [2.45, 2.75) is 38.8 Å². The summed E-state index contributed by atoms with van der Waals surface area (Å²) in [5.41, 5.74) is 2.68. The average Bonchev–Trinajstić information content (AvgIpc) is 3.09. The highest BCUT2D eigenvalue weighted by Gasteiger charge is 2.30. The SMILES string of the molecule is CCNCc1sc(N(C)Cc2csc(Br)c2)nc1C1CC1. The molecule has 3 rings (SSSR count). The van der Waals surface area contributed by atoms with Gasteiger partial charge in [-0.1, -0.05) is 6.92 Å². The third-order valence-electron chi connectivity index (χ3n) is 3.58. The minimum absolute atomic E-state index is 0.715. The molecule has 1 N–H and O–H groups in total. The molecule has 1 fully saturated rings. The van der Waals surface area contributed by atoms with Gasteiger partial charge in [0, 0.05) is 30.9 Å². The van der Waals surface area contributed by atoms with Gasteiger partial charge in [0.2, 0.25) is 0 Å². The molecule has 0 aromatic carbocycles. The molecule has 0 aliphatic heterocycles. The minimum Gasteiger partial charge on any atom is -0.347 e. The van der Waals surface area contributed by atoms with E-state index in [4.69, 9.17) is 4.98 Å². The fourth-order valence-electron chi connectivity index (χ4n) is 2.33. The van der Waals surface area contributed by atoms with Gasteiger partial charge in [0.05, 0.1) is 9.48 Å². The molecule has 0 amide bonds. The lowest BCUT2D eigenvalue weighted by Gasteiger charge is -2.14. The third kappa shape index (κ3) is 3.86. The first-order valence-corrected chi connectivity index (χ1v) is 9.80. The zero-order chi connectivity index (χ0) is 14.8. The predicted octanol–water partition coefficient (Wildman–Crippen LogP) is 4.59. The molecule has 0 spiro atoms. The summed E-state index contributed by atoms with van der Waals surface area (Å²) < 4.78 is 1.19. The lowest BCUT2D eigenvalue weighted by molar-refractivity contribution is 0.726. The monoisotopic (exact) mass is 385 g/mol. The van der Waals surface area contributed by atoms with Crippen molar-refractivity contribution >= 4 is 43.7 Å². The van der Waals surface area contributed by atoms with Gasteiger partial charge in [-0.05, 0) is 52.3 Å². The Morgan fingerprint density at radius 3 is 2.90 bits per heavy atom. The first-order valence-electron chi connectivity index (χ1n) is 7.31. The summed E-state index contributed by atoms with van der Waals surface area (Å²) in [7, 11) is 2.14. The van der Waals surface area contributed by atoms with Crippen LogP contribution in [0.5, 0.6) is 0 Å². The van der Waals surface area contributed by atoms with E-state index in [0.717, 1.165) is 24.8 Å². The maximum Gasteiger partial charge on any atom is 0.185 e. The molecule has 1 saturated carbocycles. The van der Waals surface area contributed by atoms with Crippen molar-refractivity contribution in [3.8, 4) is 0 Å². The van der Waals surface area contributed by atoms with Gasteiger partial charge < -0.3 is 10.2 Å². The van der Waals surface area contributed by atoms with Gasteiger partial charge in [-0.3, -0.25) is 0 Å². The fourth-order valence-corrected chi connectivity index (χ4v) is 4.60. The van der Waals surface area contributed by atoms with Crippen molar-refractivity contribution in [2.24, 2.45) is 0 Å². The van der Waals surface area contributed by atoms with E-state index >= 15 is 0 Å². The van der Waals surface area contributed by atoms with Gasteiger partial charge in [-0.25, -0.2) is 4.98 Å². The normalized spacial score (nSPS) is 14.6. The number of nitrogens with one attached hydrogen (secondary N) is 1. The van der Waals surface area contributed by atoms with Crippen LogP contribution in [0.2, 0.25) is 0 Å². The van der Waals surface area contributed by atoms with Gasteiger partial charge in [0.1, 0.15) is 0 Å². The molecule has 1 aliphatic rings. The number of halogens is 1. The van der Waals surface area contributed by atoms with Crippen LogP contribution in [-0.4, -0.2) is 18.6 Å². The van der Waals surface area contributed by atoms with Gasteiger partial charge in [0.25, 0.3) is 0 Å². The molecule has 114 valence electrons. The Morgan fingerprint density at radius 1 is 1.48 bits per heavy atom. The standard InChI is InChI=1S/C15H20BrN3S2/c1-3-17-7-12-14(11-4-5-11)18-15(21-12)19(2)8-10-6-13(16)20-9-10/h6,9,11,17H,3-5,7-8H2,1-2H3. The Morgan fingerprint density at radius 2 is 2.29 bits per heavy atom. The summed E-state index contributed by atoms with van der Waals surface area (Å²) >= 11 is 7.11. The van der Waals surface area contributed by atoms with Crippen LogP contribution in [0.4, 0.5) is 5.13 Å². The number of rotatable bonds is 7. The smallest absolute Gasteiger partial charge is 0.185 e. The zero-order valence-corrected chi connectivity index (χ0v) is 15.6. The molecule has 3 nitrogen and oxygen atoms in total. The number of nitrogens with zero attached hydrogens (tertiary/aromatic N) is 2. The summed E-state index contributed by atoms with van der Waals surface area (Å²) in [4.78, 5) is 8.61. The Hall–Kier alpha value is -0.430. The fraction of sp³-hybridized carbons (Fsp3) is 0.533. The van der Waals surface area contributed by atoms with Crippen LogP contribution >= 0.6 is 38.6 Å². The second-order valence-corrected chi connectivity index (χ2v) is 8.83. The first-order chi connectivity index (χ1) is 10.2. The molecular weight excluding hydrogens is 366 g/mol. The lowest BCUT2D eigenvalue weighted by Crippen LogP contribution is -2.15. The number of thiophene rings is 1. The molecule has 2 aromatic rings. The van der Waals surface area contributed by atoms with Crippen LogP contribution in [0.3, 0.4) is 0 Å². The maximum atomic E-state index is 4.92. The van der Waals surface area contributed by atoms with E-state index in [9.17, 15) is 0 Å². The minimum atomic E-state index is 0.715. The highest BCUT2D eigenvalue weighted by atomic mass is 79.9. The Balaban J connectivity index is 1.74. The Bertz CT molecular complexity index is 604. The van der Waals surface area contributed by atoms with Crippen LogP contribution in [-0.2, 0) is 13.1 Å². The van der Waals surface area contributed by atoms with Crippen LogP contribution in [0, 0.1) is 0 Å². The van der Waals surface area contributed by atoms with E-state index < -0.39 is 0 Å². The first kappa shape index (κ1) is 15.5. The average molecular weight is 386 g/mol. The second-order valence-electron chi connectivity index (χ2n) is 5.47. The molecule has 1 aliphatic carbocycles. The van der Waals surface area contributed by atoms with Crippen molar-refractivity contribution in [1.29, 1.82) is 0 Å². The van der Waals surface area contributed by atoms with Gasteiger partial charge in [-0.15, -0.1) is 22.7 Å². The van der Waals surface area contributed by atoms with Gasteiger partial charge in [-0.2, -0.15) is 0 Å². The largest absolute Gasteiger partial charge is 0.347 e. The van der Waals surface area contributed by atoms with Crippen LogP contribution in [0.15, 0.2) is 15.2 Å². The molecule has 2 heterocycles. The van der Waals surface area contributed by atoms with Gasteiger partial charge in [0.15, 0.2) is 5.13 Å². The second kappa shape index (κ2) is 6.77. The van der Waals surface area contributed by atoms with Crippen LogP contribution in [0.1, 0.15) is 41.8 Å². The molecule has 0 atom stereocenters. The predicted molar refractivity (Wildman–Crippen MR) is 95.6 cm³/mol. The summed E-state index contributed by atoms with van der Waals surface area (Å²) in [6, 6.07) is 2.19. The highest BCUT2D eigenvalue weighted by molar-refractivity contribution is 9.11. The highest BCUT2D eigenvalue weighted by Crippen LogP contribution is 2.44. The number of hydrogen-bond acceptors (Lipinski definition) is 5. The third-order valence-corrected chi connectivity index (χ3v) is 6.32. The van der Waals surface area contributed by atoms with Crippen molar-refractivity contribution < 1.29 is 0 Å². The summed E-state index contributed by atoms with van der Waals surface area (Å²) in [6.45, 7) is 5.04. The molecule has 0 unspecified atom stereocenters. The van der Waals surface area contributed by atoms with E-state index in [2.05, 4.69) is 51.6 Å². The van der Waals surface area contributed by atoms with Gasteiger partial charge >= 0.3 is 0 Å². The number of aromatic nitrogens is 1. The van der Waals surface area contributed by atoms with Crippen molar-refractivity contribution in [2.75, 3.05) is 18.5 Å². The van der Waals surface area contributed by atoms with Crippen molar-refractivity contribution in [1.82, 2.24) is 10.3 Å². The van der Waals surface area contributed by atoms with Crippen molar-refractivity contribution in [3.63, 3.8) is 0 Å². The van der Waals surface area contributed by atoms with E-state index in [0.29, 0.717) is 5.92 Å². The van der Waals surface area contributed by atoms with Crippen molar-refractivity contribution in [3.05, 3.63) is 31.4 Å². The zero-order valence-electron chi connectivity index (χ0n) is 12.4. The quantitative estimate of drug-likeness (QED) is 0.754. The summed E-state index contributed by atoms with van der Waals surface area (Å²) in [6.07, 6.45) is 2.62. The number of hydrogen-bond donors (Lipinski definition) is 1. The Labute approximate surface area is 142 Å². The van der Waals surface area contributed by atoms with E-state index in [1.54, 1.807) is 11.3 Å². The number of anilines is 1. The molecule has 0 saturated heterocycles. The van der Waals surface area contributed by atoms with Crippen LogP contribution < -0.4 is 10.2 Å². The number of thiazole rings is 1. The van der Waals surface area contributed by atoms with E-state index in [-0.39, 0.29) is 0 Å². The molecule has 0 bridgehead atoms. The summed E-state index contributed by atoms with van der Waals surface area (Å²) in [5.74, 6) is 0.715. The Kier molecular flexibility index (Phi) is 4.99. The van der Waals surface area contributed by atoms with E-state index in [1.807, 2.05) is 11.3 Å². The maximum absolute atomic E-state index is 4.92. The summed E-state index contributed by atoms with van der Waals surface area (Å²) in [5, 5.41) is 6.79. The topological polar surface area (TPSA) is 28.2 Å². The molecule has 21 heavy (non-hydrogen) atoms. The molecule has 0 radical (unpaired) electrons. The molecule has 6 heteroatoms. The molecule has 2 aromatic heterocycles. The lowest BCUT2D eigenvalue weighted by atomic mass is 10.2. The van der Waals surface area contributed by atoms with Crippen LogP contribution in [0.25, 0.3) is 0 Å². The molecular formula is C15H20BrN3S2. The van der Waals surface area contributed by atoms with E-state index in [1.165, 1.54) is 32.8 Å².